The van der Waals surface area contributed by atoms with E-state index in [1.165, 1.54) is 6.33 Å². The minimum Gasteiger partial charge on any atom is -0.461 e. The Morgan fingerprint density at radius 1 is 1.39 bits per heavy atom. The van der Waals surface area contributed by atoms with Gasteiger partial charge in [-0.1, -0.05) is 6.92 Å². The Bertz CT molecular complexity index is 671. The van der Waals surface area contributed by atoms with E-state index in [-0.39, 0.29) is 0 Å². The van der Waals surface area contributed by atoms with Crippen molar-refractivity contribution in [1.82, 2.24) is 19.5 Å². The lowest BCUT2D eigenvalue weighted by Crippen LogP contribution is -2.01. The number of hydrogen-bond donors (Lipinski definition) is 1. The van der Waals surface area contributed by atoms with Gasteiger partial charge in [-0.3, -0.25) is 0 Å². The topological polar surface area (TPSA) is 82.8 Å². The molecule has 3 rings (SSSR count). The van der Waals surface area contributed by atoms with Crippen molar-refractivity contribution in [3.8, 4) is 11.6 Å². The van der Waals surface area contributed by atoms with Crippen molar-refractivity contribution in [1.29, 1.82) is 0 Å². The second-order valence-corrected chi connectivity index (χ2v) is 4.00. The number of furan rings is 1. The van der Waals surface area contributed by atoms with E-state index in [1.807, 2.05) is 16.7 Å². The van der Waals surface area contributed by atoms with Crippen LogP contribution in [0.15, 0.2) is 29.1 Å². The SMILES string of the molecule is CCCn1c(-c2ccco2)nc2c(N)ncnc21. The van der Waals surface area contributed by atoms with Crippen molar-refractivity contribution < 1.29 is 4.42 Å². The number of aromatic nitrogens is 4. The number of rotatable bonds is 3. The third kappa shape index (κ3) is 1.54. The molecule has 0 atom stereocenters. The van der Waals surface area contributed by atoms with Crippen LogP contribution < -0.4 is 5.73 Å². The zero-order valence-corrected chi connectivity index (χ0v) is 10.00. The van der Waals surface area contributed by atoms with Crippen molar-refractivity contribution in [3.63, 3.8) is 0 Å². The van der Waals surface area contributed by atoms with Crippen LogP contribution in [-0.2, 0) is 6.54 Å². The fourth-order valence-corrected chi connectivity index (χ4v) is 1.98. The van der Waals surface area contributed by atoms with Gasteiger partial charge in [0.2, 0.25) is 0 Å². The first-order valence-corrected chi connectivity index (χ1v) is 5.82. The molecule has 6 heteroatoms. The molecular formula is C12H13N5O. The Balaban J connectivity index is 2.30. The van der Waals surface area contributed by atoms with E-state index in [9.17, 15) is 0 Å². The molecule has 0 aliphatic heterocycles. The molecule has 0 radical (unpaired) electrons. The molecule has 0 spiro atoms. The number of fused-ring (bicyclic) bond motifs is 1. The summed E-state index contributed by atoms with van der Waals surface area (Å²) in [5.74, 6) is 1.84. The van der Waals surface area contributed by atoms with Crippen LogP contribution in [0.3, 0.4) is 0 Å². The van der Waals surface area contributed by atoms with Gasteiger partial charge in [0.25, 0.3) is 0 Å². The predicted molar refractivity (Wildman–Crippen MR) is 67.7 cm³/mol. The standard InChI is InChI=1S/C12H13N5O/c1-2-5-17-11(8-4-3-6-18-8)16-9-10(13)14-7-15-12(9)17/h3-4,6-7H,2,5H2,1H3,(H2,13,14,15). The second-order valence-electron chi connectivity index (χ2n) is 4.00. The Morgan fingerprint density at radius 2 is 2.28 bits per heavy atom. The van der Waals surface area contributed by atoms with E-state index in [0.717, 1.165) is 24.4 Å². The van der Waals surface area contributed by atoms with Gasteiger partial charge < -0.3 is 14.7 Å². The van der Waals surface area contributed by atoms with E-state index in [2.05, 4.69) is 21.9 Å². The molecule has 2 N–H and O–H groups in total. The molecule has 0 aliphatic rings. The number of imidazole rings is 1. The van der Waals surface area contributed by atoms with Crippen LogP contribution in [0.25, 0.3) is 22.7 Å². The van der Waals surface area contributed by atoms with Crippen molar-refractivity contribution >= 4 is 17.0 Å². The summed E-state index contributed by atoms with van der Waals surface area (Å²) in [5, 5.41) is 0. The van der Waals surface area contributed by atoms with Gasteiger partial charge in [-0.05, 0) is 18.6 Å². The van der Waals surface area contributed by atoms with E-state index < -0.39 is 0 Å². The quantitative estimate of drug-likeness (QED) is 0.761. The molecular weight excluding hydrogens is 230 g/mol. The van der Waals surface area contributed by atoms with Gasteiger partial charge in [-0.15, -0.1) is 0 Å². The van der Waals surface area contributed by atoms with E-state index in [1.54, 1.807) is 6.26 Å². The Morgan fingerprint density at radius 3 is 3.00 bits per heavy atom. The van der Waals surface area contributed by atoms with Gasteiger partial charge in [0.15, 0.2) is 28.6 Å². The minimum atomic E-state index is 0.391. The number of nitrogens with two attached hydrogens (primary N) is 1. The van der Waals surface area contributed by atoms with Crippen LogP contribution in [0.4, 0.5) is 5.82 Å². The van der Waals surface area contributed by atoms with Crippen LogP contribution in [0, 0.1) is 0 Å². The maximum Gasteiger partial charge on any atom is 0.178 e. The molecule has 3 aromatic rings. The van der Waals surface area contributed by atoms with Gasteiger partial charge in [0, 0.05) is 6.54 Å². The summed E-state index contributed by atoms with van der Waals surface area (Å²) in [7, 11) is 0. The van der Waals surface area contributed by atoms with Crippen LogP contribution >= 0.6 is 0 Å². The predicted octanol–water partition coefficient (Wildman–Crippen LogP) is 2.08. The summed E-state index contributed by atoms with van der Waals surface area (Å²) in [5.41, 5.74) is 7.20. The van der Waals surface area contributed by atoms with Crippen LogP contribution in [0.1, 0.15) is 13.3 Å². The van der Waals surface area contributed by atoms with Gasteiger partial charge >= 0.3 is 0 Å². The summed E-state index contributed by atoms with van der Waals surface area (Å²) in [6.45, 7) is 2.91. The third-order valence-corrected chi connectivity index (χ3v) is 2.75. The number of hydrogen-bond acceptors (Lipinski definition) is 5. The first kappa shape index (κ1) is 10.8. The number of nitrogen functional groups attached to an aromatic ring is 1. The molecule has 6 nitrogen and oxygen atoms in total. The van der Waals surface area contributed by atoms with Crippen molar-refractivity contribution in [2.45, 2.75) is 19.9 Å². The molecule has 92 valence electrons. The Kier molecular flexibility index (Phi) is 2.47. The van der Waals surface area contributed by atoms with E-state index in [0.29, 0.717) is 17.1 Å². The molecule has 0 bridgehead atoms. The van der Waals surface area contributed by atoms with E-state index in [4.69, 9.17) is 10.2 Å². The van der Waals surface area contributed by atoms with E-state index >= 15 is 0 Å². The highest BCUT2D eigenvalue weighted by Gasteiger charge is 2.16. The first-order chi connectivity index (χ1) is 8.81. The van der Waals surface area contributed by atoms with Crippen LogP contribution in [0.5, 0.6) is 0 Å². The lowest BCUT2D eigenvalue weighted by atomic mass is 10.4. The molecule has 0 saturated carbocycles. The smallest absolute Gasteiger partial charge is 0.178 e. The summed E-state index contributed by atoms with van der Waals surface area (Å²) < 4.78 is 7.41. The molecule has 0 aromatic carbocycles. The highest BCUT2D eigenvalue weighted by atomic mass is 16.3. The lowest BCUT2D eigenvalue weighted by Gasteiger charge is -2.04. The van der Waals surface area contributed by atoms with Gasteiger partial charge in [-0.2, -0.15) is 0 Å². The normalized spacial score (nSPS) is 11.2. The average Bonchev–Trinajstić information content (AvgIpc) is 2.98. The molecule has 3 aromatic heterocycles. The number of aryl methyl sites for hydroxylation is 1. The van der Waals surface area contributed by atoms with Crippen LogP contribution in [-0.4, -0.2) is 19.5 Å². The van der Waals surface area contributed by atoms with Crippen LogP contribution in [0.2, 0.25) is 0 Å². The summed E-state index contributed by atoms with van der Waals surface area (Å²) in [6, 6.07) is 3.71. The fraction of sp³-hybridized carbons (Fsp3) is 0.250. The molecule has 0 aliphatic carbocycles. The minimum absolute atomic E-state index is 0.391. The first-order valence-electron chi connectivity index (χ1n) is 5.82. The van der Waals surface area contributed by atoms with Gasteiger partial charge in [0.1, 0.15) is 6.33 Å². The molecule has 0 fully saturated rings. The molecule has 3 heterocycles. The molecule has 18 heavy (non-hydrogen) atoms. The Labute approximate surface area is 103 Å². The highest BCUT2D eigenvalue weighted by Crippen LogP contribution is 2.26. The largest absolute Gasteiger partial charge is 0.461 e. The zero-order valence-electron chi connectivity index (χ0n) is 10.00. The molecule has 0 saturated heterocycles. The average molecular weight is 243 g/mol. The fourth-order valence-electron chi connectivity index (χ4n) is 1.98. The molecule has 0 unspecified atom stereocenters. The maximum absolute atomic E-state index is 5.83. The zero-order chi connectivity index (χ0) is 12.5. The molecule has 0 amide bonds. The highest BCUT2D eigenvalue weighted by molar-refractivity contribution is 5.84. The Hall–Kier alpha value is -2.37. The third-order valence-electron chi connectivity index (χ3n) is 2.75. The monoisotopic (exact) mass is 243 g/mol. The van der Waals surface area contributed by atoms with Gasteiger partial charge in [-0.25, -0.2) is 15.0 Å². The summed E-state index contributed by atoms with van der Waals surface area (Å²) >= 11 is 0. The van der Waals surface area contributed by atoms with Gasteiger partial charge in [0.05, 0.1) is 6.26 Å². The second kappa shape index (κ2) is 4.14. The summed E-state index contributed by atoms with van der Waals surface area (Å²) in [6.07, 6.45) is 4.06. The van der Waals surface area contributed by atoms with Crippen molar-refractivity contribution in [3.05, 3.63) is 24.7 Å². The van der Waals surface area contributed by atoms with Crippen molar-refractivity contribution in [2.75, 3.05) is 5.73 Å². The lowest BCUT2D eigenvalue weighted by molar-refractivity contribution is 0.568. The number of nitrogens with zero attached hydrogens (tertiary/aromatic N) is 4. The number of anilines is 1. The maximum atomic E-state index is 5.83. The summed E-state index contributed by atoms with van der Waals surface area (Å²) in [4.78, 5) is 12.7. The van der Waals surface area contributed by atoms with Crippen molar-refractivity contribution in [2.24, 2.45) is 0 Å².